The molecule has 1 fully saturated rings. The number of amides is 1. The molecule has 1 aromatic carbocycles. The van der Waals surface area contributed by atoms with Crippen molar-refractivity contribution in [2.45, 2.75) is 45.1 Å². The molecule has 2 heterocycles. The third-order valence-electron chi connectivity index (χ3n) is 4.12. The number of fused-ring (bicyclic) bond motifs is 1. The molecule has 0 aliphatic carbocycles. The SMILES string of the molecule is CC(C)(C)OC(=O)N1CCCC(c2cc3cc(F)ccc3[nH]2)C1. The van der Waals surface area contributed by atoms with Crippen molar-refractivity contribution in [3.8, 4) is 0 Å². The zero-order valence-corrected chi connectivity index (χ0v) is 13.9. The highest BCUT2D eigenvalue weighted by Gasteiger charge is 2.29. The molecule has 0 saturated carbocycles. The number of ether oxygens (including phenoxy) is 1. The lowest BCUT2D eigenvalue weighted by Crippen LogP contribution is -2.42. The van der Waals surface area contributed by atoms with Crippen molar-refractivity contribution in [3.05, 3.63) is 35.8 Å². The minimum atomic E-state index is -0.483. The van der Waals surface area contributed by atoms with Gasteiger partial charge in [-0.2, -0.15) is 0 Å². The Morgan fingerprint density at radius 3 is 2.87 bits per heavy atom. The van der Waals surface area contributed by atoms with Crippen LogP contribution in [0.2, 0.25) is 0 Å². The number of halogens is 1. The molecule has 1 aliphatic heterocycles. The van der Waals surface area contributed by atoms with Crippen molar-refractivity contribution in [1.29, 1.82) is 0 Å². The van der Waals surface area contributed by atoms with Gasteiger partial charge in [0.2, 0.25) is 0 Å². The summed E-state index contributed by atoms with van der Waals surface area (Å²) in [5.41, 5.74) is 1.50. The minimum absolute atomic E-state index is 0.228. The molecule has 0 radical (unpaired) electrons. The number of likely N-dealkylation sites (tertiary alicyclic amines) is 1. The summed E-state index contributed by atoms with van der Waals surface area (Å²) in [4.78, 5) is 17.4. The lowest BCUT2D eigenvalue weighted by atomic mass is 9.95. The van der Waals surface area contributed by atoms with Crippen LogP contribution in [0, 0.1) is 5.82 Å². The number of piperidine rings is 1. The number of nitrogens with zero attached hydrogens (tertiary/aromatic N) is 1. The van der Waals surface area contributed by atoms with E-state index in [-0.39, 0.29) is 17.8 Å². The Balaban J connectivity index is 1.75. The number of carbonyl (C=O) groups is 1. The number of benzene rings is 1. The van der Waals surface area contributed by atoms with Crippen LogP contribution in [0.3, 0.4) is 0 Å². The number of carbonyl (C=O) groups excluding carboxylic acids is 1. The number of H-pyrrole nitrogens is 1. The van der Waals surface area contributed by atoms with Gasteiger partial charge in [-0.25, -0.2) is 9.18 Å². The maximum atomic E-state index is 13.3. The predicted molar refractivity (Wildman–Crippen MR) is 88.0 cm³/mol. The molecule has 124 valence electrons. The van der Waals surface area contributed by atoms with Gasteiger partial charge in [-0.05, 0) is 57.9 Å². The lowest BCUT2D eigenvalue weighted by molar-refractivity contribution is 0.0197. The first-order chi connectivity index (χ1) is 10.8. The van der Waals surface area contributed by atoms with Crippen molar-refractivity contribution < 1.29 is 13.9 Å². The second-order valence-electron chi connectivity index (χ2n) is 7.22. The summed E-state index contributed by atoms with van der Waals surface area (Å²) < 4.78 is 18.8. The Labute approximate surface area is 135 Å². The fourth-order valence-corrected chi connectivity index (χ4v) is 3.07. The van der Waals surface area contributed by atoms with E-state index in [0.29, 0.717) is 6.54 Å². The fourth-order valence-electron chi connectivity index (χ4n) is 3.07. The van der Waals surface area contributed by atoms with Crippen LogP contribution in [0.25, 0.3) is 10.9 Å². The number of hydrogen-bond donors (Lipinski definition) is 1. The Morgan fingerprint density at radius 2 is 2.13 bits per heavy atom. The Bertz CT molecular complexity index is 717. The quantitative estimate of drug-likeness (QED) is 0.846. The zero-order valence-electron chi connectivity index (χ0n) is 13.9. The highest BCUT2D eigenvalue weighted by molar-refractivity contribution is 5.80. The van der Waals surface area contributed by atoms with Crippen LogP contribution in [-0.2, 0) is 4.74 Å². The molecule has 4 nitrogen and oxygen atoms in total. The van der Waals surface area contributed by atoms with E-state index in [1.165, 1.54) is 12.1 Å². The van der Waals surface area contributed by atoms with Crippen molar-refractivity contribution in [2.24, 2.45) is 0 Å². The summed E-state index contributed by atoms with van der Waals surface area (Å²) in [7, 11) is 0. The molecule has 5 heteroatoms. The van der Waals surface area contributed by atoms with E-state index in [0.717, 1.165) is 36.0 Å². The molecule has 1 N–H and O–H groups in total. The van der Waals surface area contributed by atoms with Crippen LogP contribution in [0.1, 0.15) is 45.2 Å². The Hall–Kier alpha value is -2.04. The number of aromatic amines is 1. The van der Waals surface area contributed by atoms with Crippen molar-refractivity contribution >= 4 is 17.0 Å². The first kappa shape index (κ1) is 15.8. The van der Waals surface area contributed by atoms with Gasteiger partial charge in [0, 0.05) is 35.6 Å². The van der Waals surface area contributed by atoms with E-state index in [1.54, 1.807) is 11.0 Å². The molecular weight excluding hydrogens is 295 g/mol. The van der Waals surface area contributed by atoms with Gasteiger partial charge in [0.25, 0.3) is 0 Å². The van der Waals surface area contributed by atoms with Crippen molar-refractivity contribution in [3.63, 3.8) is 0 Å². The van der Waals surface area contributed by atoms with Crippen LogP contribution in [0.4, 0.5) is 9.18 Å². The largest absolute Gasteiger partial charge is 0.444 e. The van der Waals surface area contributed by atoms with Gasteiger partial charge in [-0.3, -0.25) is 0 Å². The predicted octanol–water partition coefficient (Wildman–Crippen LogP) is 4.42. The van der Waals surface area contributed by atoms with E-state index in [9.17, 15) is 9.18 Å². The second-order valence-corrected chi connectivity index (χ2v) is 7.22. The molecule has 1 atom stereocenters. The minimum Gasteiger partial charge on any atom is -0.444 e. The van der Waals surface area contributed by atoms with E-state index in [2.05, 4.69) is 4.98 Å². The molecule has 2 aromatic rings. The molecular formula is C18H23FN2O2. The molecule has 23 heavy (non-hydrogen) atoms. The van der Waals surface area contributed by atoms with Crippen LogP contribution in [-0.4, -0.2) is 34.7 Å². The summed E-state index contributed by atoms with van der Waals surface area (Å²) in [6, 6.07) is 6.73. The summed E-state index contributed by atoms with van der Waals surface area (Å²) >= 11 is 0. The van der Waals surface area contributed by atoms with Crippen LogP contribution in [0.15, 0.2) is 24.3 Å². The van der Waals surface area contributed by atoms with E-state index in [1.807, 2.05) is 26.8 Å². The standard InChI is InChI=1S/C18H23FN2O2/c1-18(2,3)23-17(22)21-8-4-5-12(11-21)16-10-13-9-14(19)6-7-15(13)20-16/h6-7,9-10,12,20H,4-5,8,11H2,1-3H3. The summed E-state index contributed by atoms with van der Waals surface area (Å²) in [6.07, 6.45) is 1.69. The van der Waals surface area contributed by atoms with Crippen LogP contribution < -0.4 is 0 Å². The molecule has 1 amide bonds. The van der Waals surface area contributed by atoms with Crippen molar-refractivity contribution in [1.82, 2.24) is 9.88 Å². The highest BCUT2D eigenvalue weighted by Crippen LogP contribution is 2.30. The molecule has 1 unspecified atom stereocenters. The molecule has 1 saturated heterocycles. The zero-order chi connectivity index (χ0) is 16.6. The van der Waals surface area contributed by atoms with E-state index < -0.39 is 5.60 Å². The lowest BCUT2D eigenvalue weighted by Gasteiger charge is -2.33. The van der Waals surface area contributed by atoms with Gasteiger partial charge in [0.15, 0.2) is 0 Å². The fraction of sp³-hybridized carbons (Fsp3) is 0.500. The number of nitrogens with one attached hydrogen (secondary N) is 1. The van der Waals surface area contributed by atoms with Crippen molar-refractivity contribution in [2.75, 3.05) is 13.1 Å². The van der Waals surface area contributed by atoms with Gasteiger partial charge in [-0.15, -0.1) is 0 Å². The van der Waals surface area contributed by atoms with Gasteiger partial charge < -0.3 is 14.6 Å². The van der Waals surface area contributed by atoms with Crippen LogP contribution in [0.5, 0.6) is 0 Å². The van der Waals surface area contributed by atoms with Gasteiger partial charge in [-0.1, -0.05) is 0 Å². The molecule has 1 aromatic heterocycles. The molecule has 0 bridgehead atoms. The van der Waals surface area contributed by atoms with E-state index in [4.69, 9.17) is 4.74 Å². The third kappa shape index (κ3) is 3.66. The topological polar surface area (TPSA) is 45.3 Å². The summed E-state index contributed by atoms with van der Waals surface area (Å²) in [5, 5.41) is 0.870. The first-order valence-corrected chi connectivity index (χ1v) is 8.08. The smallest absolute Gasteiger partial charge is 0.410 e. The second kappa shape index (κ2) is 5.87. The maximum Gasteiger partial charge on any atom is 0.410 e. The Kier molecular flexibility index (Phi) is 4.04. The summed E-state index contributed by atoms with van der Waals surface area (Å²) in [5.74, 6) is -0.00574. The van der Waals surface area contributed by atoms with E-state index >= 15 is 0 Å². The third-order valence-corrected chi connectivity index (χ3v) is 4.12. The molecule has 0 spiro atoms. The van der Waals surface area contributed by atoms with Crippen LogP contribution >= 0.6 is 0 Å². The molecule has 3 rings (SSSR count). The first-order valence-electron chi connectivity index (χ1n) is 8.08. The Morgan fingerprint density at radius 1 is 1.35 bits per heavy atom. The number of hydrogen-bond acceptors (Lipinski definition) is 2. The average Bonchev–Trinajstić information content (AvgIpc) is 2.88. The molecule has 1 aliphatic rings. The van der Waals surface area contributed by atoms with Gasteiger partial charge >= 0.3 is 6.09 Å². The highest BCUT2D eigenvalue weighted by atomic mass is 19.1. The maximum absolute atomic E-state index is 13.3. The average molecular weight is 318 g/mol. The monoisotopic (exact) mass is 318 g/mol. The number of rotatable bonds is 1. The van der Waals surface area contributed by atoms with Gasteiger partial charge in [0.05, 0.1) is 0 Å². The van der Waals surface area contributed by atoms with Gasteiger partial charge in [0.1, 0.15) is 11.4 Å². The summed E-state index contributed by atoms with van der Waals surface area (Å²) in [6.45, 7) is 6.97. The number of aromatic nitrogens is 1. The normalized spacial score (nSPS) is 19.1.